The van der Waals surface area contributed by atoms with Gasteiger partial charge in [-0.25, -0.2) is 0 Å². The zero-order valence-corrected chi connectivity index (χ0v) is 12.4. The molecule has 2 rings (SSSR count). The molecular weight excluding hydrogens is 316 g/mol. The van der Waals surface area contributed by atoms with E-state index in [0.717, 1.165) is 15.9 Å². The third kappa shape index (κ3) is 2.65. The highest BCUT2D eigenvalue weighted by atomic mass is 79.9. The van der Waals surface area contributed by atoms with Gasteiger partial charge < -0.3 is 0 Å². The van der Waals surface area contributed by atoms with Crippen molar-refractivity contribution in [2.45, 2.75) is 13.3 Å². The summed E-state index contributed by atoms with van der Waals surface area (Å²) >= 11 is 9.49. The first-order valence-corrected chi connectivity index (χ1v) is 6.63. The van der Waals surface area contributed by atoms with Crippen LogP contribution in [0.15, 0.2) is 28.7 Å². The number of carbonyl (C=O) groups excluding carboxylic acids is 1. The van der Waals surface area contributed by atoms with Gasteiger partial charge in [-0.1, -0.05) is 39.7 Å². The predicted octanol–water partition coefficient (Wildman–Crippen LogP) is 3.57. The van der Waals surface area contributed by atoms with Crippen molar-refractivity contribution < 1.29 is 4.79 Å². The molecule has 0 saturated carbocycles. The number of Topliss-reactive ketones (excluding diaryl/α,β-unsaturated/α-hetero) is 1. The van der Waals surface area contributed by atoms with Gasteiger partial charge in [-0.05, 0) is 19.1 Å². The van der Waals surface area contributed by atoms with Gasteiger partial charge in [0.2, 0.25) is 0 Å². The second-order valence-electron chi connectivity index (χ2n) is 4.08. The van der Waals surface area contributed by atoms with Gasteiger partial charge in [0.15, 0.2) is 5.78 Å². The number of benzene rings is 1. The first kappa shape index (κ1) is 13.3. The standard InChI is InChI=1S/C13H12BrClN2O/c1-8-13(15)11(17(2)16-8)7-12(18)9-4-3-5-10(14)6-9/h3-6H,7H2,1-2H3. The van der Waals surface area contributed by atoms with E-state index in [2.05, 4.69) is 21.0 Å². The van der Waals surface area contributed by atoms with Gasteiger partial charge in [0.05, 0.1) is 22.8 Å². The Morgan fingerprint density at radius 3 is 2.78 bits per heavy atom. The van der Waals surface area contributed by atoms with E-state index in [-0.39, 0.29) is 12.2 Å². The second kappa shape index (κ2) is 5.24. The van der Waals surface area contributed by atoms with E-state index in [0.29, 0.717) is 10.6 Å². The SMILES string of the molecule is Cc1nn(C)c(CC(=O)c2cccc(Br)c2)c1Cl. The smallest absolute Gasteiger partial charge is 0.168 e. The zero-order valence-electron chi connectivity index (χ0n) is 10.1. The average Bonchev–Trinajstić information content (AvgIpc) is 2.56. The first-order valence-electron chi connectivity index (χ1n) is 5.45. The van der Waals surface area contributed by atoms with Gasteiger partial charge in [-0.15, -0.1) is 0 Å². The molecule has 0 aliphatic rings. The van der Waals surface area contributed by atoms with Crippen LogP contribution in [0, 0.1) is 6.92 Å². The molecule has 0 radical (unpaired) electrons. The van der Waals surface area contributed by atoms with E-state index in [9.17, 15) is 4.79 Å². The summed E-state index contributed by atoms with van der Waals surface area (Å²) in [5.41, 5.74) is 2.16. The van der Waals surface area contributed by atoms with Crippen LogP contribution < -0.4 is 0 Å². The van der Waals surface area contributed by atoms with Crippen LogP contribution in [-0.4, -0.2) is 15.6 Å². The fraction of sp³-hybridized carbons (Fsp3) is 0.231. The number of halogens is 2. The largest absolute Gasteiger partial charge is 0.294 e. The Labute approximate surface area is 119 Å². The molecule has 0 amide bonds. The van der Waals surface area contributed by atoms with Crippen molar-refractivity contribution in [3.63, 3.8) is 0 Å². The van der Waals surface area contributed by atoms with E-state index in [1.807, 2.05) is 19.1 Å². The summed E-state index contributed by atoms with van der Waals surface area (Å²) in [5, 5.41) is 4.77. The Bertz CT molecular complexity index is 607. The zero-order chi connectivity index (χ0) is 13.3. The minimum atomic E-state index is 0.0289. The molecule has 5 heteroatoms. The highest BCUT2D eigenvalue weighted by Gasteiger charge is 2.16. The van der Waals surface area contributed by atoms with Gasteiger partial charge in [-0.3, -0.25) is 9.48 Å². The summed E-state index contributed by atoms with van der Waals surface area (Å²) in [6.45, 7) is 1.83. The molecule has 1 aromatic carbocycles. The first-order chi connectivity index (χ1) is 8.49. The van der Waals surface area contributed by atoms with E-state index in [1.54, 1.807) is 23.9 Å². The maximum Gasteiger partial charge on any atom is 0.168 e. The number of ketones is 1. The quantitative estimate of drug-likeness (QED) is 0.808. The van der Waals surface area contributed by atoms with Gasteiger partial charge >= 0.3 is 0 Å². The fourth-order valence-corrected chi connectivity index (χ4v) is 2.41. The number of aromatic nitrogens is 2. The Hall–Kier alpha value is -1.13. The van der Waals surface area contributed by atoms with Crippen LogP contribution in [0.5, 0.6) is 0 Å². The topological polar surface area (TPSA) is 34.9 Å². The maximum atomic E-state index is 12.2. The lowest BCUT2D eigenvalue weighted by molar-refractivity contribution is 0.0990. The lowest BCUT2D eigenvalue weighted by Gasteiger charge is -2.03. The number of nitrogens with zero attached hydrogens (tertiary/aromatic N) is 2. The Balaban J connectivity index is 2.27. The summed E-state index contributed by atoms with van der Waals surface area (Å²) in [4.78, 5) is 12.2. The molecule has 0 fully saturated rings. The van der Waals surface area contributed by atoms with Crippen LogP contribution >= 0.6 is 27.5 Å². The lowest BCUT2D eigenvalue weighted by atomic mass is 10.1. The van der Waals surface area contributed by atoms with Crippen LogP contribution in [0.25, 0.3) is 0 Å². The summed E-state index contributed by atoms with van der Waals surface area (Å²) < 4.78 is 2.55. The van der Waals surface area contributed by atoms with E-state index in [4.69, 9.17) is 11.6 Å². The number of aryl methyl sites for hydroxylation is 2. The molecule has 0 N–H and O–H groups in total. The molecule has 0 unspecified atom stereocenters. The molecular formula is C13H12BrClN2O. The normalized spacial score (nSPS) is 10.7. The molecule has 0 aliphatic heterocycles. The predicted molar refractivity (Wildman–Crippen MR) is 75.1 cm³/mol. The van der Waals surface area contributed by atoms with Crippen LogP contribution in [0.2, 0.25) is 5.02 Å². The fourth-order valence-electron chi connectivity index (χ4n) is 1.79. The minimum Gasteiger partial charge on any atom is -0.294 e. The highest BCUT2D eigenvalue weighted by Crippen LogP contribution is 2.21. The molecule has 2 aromatic rings. The van der Waals surface area contributed by atoms with Crippen LogP contribution in [0.4, 0.5) is 0 Å². The van der Waals surface area contributed by atoms with Crippen molar-refractivity contribution in [3.8, 4) is 0 Å². The summed E-state index contributed by atoms with van der Waals surface area (Å²) in [6.07, 6.45) is 0.257. The van der Waals surface area contributed by atoms with Gasteiger partial charge in [-0.2, -0.15) is 5.10 Å². The second-order valence-corrected chi connectivity index (χ2v) is 5.37. The molecule has 18 heavy (non-hydrogen) atoms. The highest BCUT2D eigenvalue weighted by molar-refractivity contribution is 9.10. The van der Waals surface area contributed by atoms with E-state index >= 15 is 0 Å². The van der Waals surface area contributed by atoms with Crippen molar-refractivity contribution in [2.24, 2.45) is 7.05 Å². The molecule has 3 nitrogen and oxygen atoms in total. The Kier molecular flexibility index (Phi) is 3.88. The van der Waals surface area contributed by atoms with Crippen LogP contribution in [0.1, 0.15) is 21.7 Å². The van der Waals surface area contributed by atoms with Gasteiger partial charge in [0, 0.05) is 17.1 Å². The van der Waals surface area contributed by atoms with Gasteiger partial charge in [0.1, 0.15) is 0 Å². The van der Waals surface area contributed by atoms with Crippen molar-refractivity contribution in [1.82, 2.24) is 9.78 Å². The van der Waals surface area contributed by atoms with Crippen molar-refractivity contribution >= 4 is 33.3 Å². The summed E-state index contributed by atoms with van der Waals surface area (Å²) in [7, 11) is 1.79. The van der Waals surface area contributed by atoms with Crippen LogP contribution in [0.3, 0.4) is 0 Å². The molecule has 0 saturated heterocycles. The molecule has 0 bridgehead atoms. The third-order valence-corrected chi connectivity index (χ3v) is 3.72. The van der Waals surface area contributed by atoms with Crippen molar-refractivity contribution in [3.05, 3.63) is 50.7 Å². The molecule has 0 aliphatic carbocycles. The number of carbonyl (C=O) groups is 1. The number of hydrogen-bond donors (Lipinski definition) is 0. The average molecular weight is 328 g/mol. The third-order valence-electron chi connectivity index (χ3n) is 2.74. The monoisotopic (exact) mass is 326 g/mol. The lowest BCUT2D eigenvalue weighted by Crippen LogP contribution is -2.08. The maximum absolute atomic E-state index is 12.2. The summed E-state index contributed by atoms with van der Waals surface area (Å²) in [5.74, 6) is 0.0289. The van der Waals surface area contributed by atoms with E-state index < -0.39 is 0 Å². The molecule has 1 heterocycles. The Morgan fingerprint density at radius 2 is 2.22 bits per heavy atom. The van der Waals surface area contributed by atoms with E-state index in [1.165, 1.54) is 0 Å². The molecule has 1 aromatic heterocycles. The molecule has 94 valence electrons. The van der Waals surface area contributed by atoms with Crippen molar-refractivity contribution in [1.29, 1.82) is 0 Å². The summed E-state index contributed by atoms with van der Waals surface area (Å²) in [6, 6.07) is 7.33. The molecule has 0 spiro atoms. The molecule has 0 atom stereocenters. The number of rotatable bonds is 3. The Morgan fingerprint density at radius 1 is 1.50 bits per heavy atom. The van der Waals surface area contributed by atoms with Crippen molar-refractivity contribution in [2.75, 3.05) is 0 Å². The minimum absolute atomic E-state index is 0.0289. The number of hydrogen-bond acceptors (Lipinski definition) is 2. The van der Waals surface area contributed by atoms with Gasteiger partial charge in [0.25, 0.3) is 0 Å². The van der Waals surface area contributed by atoms with Crippen LogP contribution in [-0.2, 0) is 13.5 Å².